The summed E-state index contributed by atoms with van der Waals surface area (Å²) in [6.45, 7) is 1.88. The van der Waals surface area contributed by atoms with Crippen LogP contribution in [0.5, 0.6) is 0 Å². The first kappa shape index (κ1) is 15.7. The van der Waals surface area contributed by atoms with E-state index in [9.17, 15) is 17.9 Å². The number of sulfone groups is 1. The van der Waals surface area contributed by atoms with Gasteiger partial charge in [0.15, 0.2) is 9.84 Å². The van der Waals surface area contributed by atoms with Crippen LogP contribution in [0.15, 0.2) is 48.5 Å². The van der Waals surface area contributed by atoms with Crippen molar-refractivity contribution in [1.29, 1.82) is 0 Å². The third kappa shape index (κ3) is 4.37. The fourth-order valence-electron chi connectivity index (χ4n) is 2.19. The van der Waals surface area contributed by atoms with Crippen LogP contribution in [-0.2, 0) is 15.6 Å². The molecule has 2 aromatic carbocycles. The van der Waals surface area contributed by atoms with Crippen LogP contribution in [0.2, 0.25) is 0 Å². The van der Waals surface area contributed by atoms with E-state index >= 15 is 0 Å². The molecule has 2 rings (SSSR count). The van der Waals surface area contributed by atoms with Gasteiger partial charge in [0, 0.05) is 5.56 Å². The Balaban J connectivity index is 2.12. The first-order valence-electron chi connectivity index (χ1n) is 6.56. The normalized spacial score (nSPS) is 13.1. The average Bonchev–Trinajstić information content (AvgIpc) is 2.37. The average molecular weight is 308 g/mol. The molecule has 0 amide bonds. The van der Waals surface area contributed by atoms with Gasteiger partial charge in [-0.2, -0.15) is 0 Å². The number of aryl methyl sites for hydroxylation is 1. The van der Waals surface area contributed by atoms with Crippen molar-refractivity contribution in [2.45, 2.75) is 18.8 Å². The van der Waals surface area contributed by atoms with Crippen LogP contribution in [-0.4, -0.2) is 19.3 Å². The van der Waals surface area contributed by atoms with Crippen LogP contribution < -0.4 is 0 Å². The van der Waals surface area contributed by atoms with Gasteiger partial charge in [0.2, 0.25) is 0 Å². The van der Waals surface area contributed by atoms with Gasteiger partial charge >= 0.3 is 0 Å². The lowest BCUT2D eigenvalue weighted by Crippen LogP contribution is -2.17. The molecular weight excluding hydrogens is 291 g/mol. The van der Waals surface area contributed by atoms with Crippen molar-refractivity contribution in [3.63, 3.8) is 0 Å². The van der Waals surface area contributed by atoms with Gasteiger partial charge in [-0.15, -0.1) is 0 Å². The topological polar surface area (TPSA) is 54.4 Å². The van der Waals surface area contributed by atoms with Crippen molar-refractivity contribution in [2.75, 3.05) is 5.75 Å². The Morgan fingerprint density at radius 3 is 2.52 bits per heavy atom. The van der Waals surface area contributed by atoms with E-state index in [1.807, 2.05) is 13.0 Å². The fraction of sp³-hybridized carbons (Fsp3) is 0.250. The van der Waals surface area contributed by atoms with E-state index in [2.05, 4.69) is 0 Å². The van der Waals surface area contributed by atoms with Gasteiger partial charge in [-0.3, -0.25) is 0 Å². The number of halogens is 1. The number of hydrogen-bond donors (Lipinski definition) is 1. The van der Waals surface area contributed by atoms with Gasteiger partial charge in [-0.05, 0) is 18.6 Å². The summed E-state index contributed by atoms with van der Waals surface area (Å²) in [5.74, 6) is -1.27. The van der Waals surface area contributed by atoms with Crippen LogP contribution in [0.3, 0.4) is 0 Å². The summed E-state index contributed by atoms with van der Waals surface area (Å²) in [5, 5.41) is 9.95. The second kappa shape index (κ2) is 6.37. The van der Waals surface area contributed by atoms with Crippen molar-refractivity contribution < 1.29 is 17.9 Å². The second-order valence-electron chi connectivity index (χ2n) is 5.08. The Labute approximate surface area is 124 Å². The van der Waals surface area contributed by atoms with E-state index in [4.69, 9.17) is 0 Å². The molecule has 2 aromatic rings. The summed E-state index contributed by atoms with van der Waals surface area (Å²) in [5.41, 5.74) is 1.64. The Bertz CT molecular complexity index is 726. The van der Waals surface area contributed by atoms with Crippen molar-refractivity contribution in [1.82, 2.24) is 0 Å². The quantitative estimate of drug-likeness (QED) is 0.924. The maximum Gasteiger partial charge on any atom is 0.157 e. The van der Waals surface area contributed by atoms with Crippen LogP contribution in [0.25, 0.3) is 0 Å². The minimum Gasteiger partial charge on any atom is -0.387 e. The molecule has 3 nitrogen and oxygen atoms in total. The molecule has 0 fully saturated rings. The van der Waals surface area contributed by atoms with Gasteiger partial charge in [-0.1, -0.05) is 48.0 Å². The zero-order valence-electron chi connectivity index (χ0n) is 11.7. The zero-order chi connectivity index (χ0) is 15.5. The fourth-order valence-corrected chi connectivity index (χ4v) is 3.66. The third-order valence-electron chi connectivity index (χ3n) is 3.15. The number of aliphatic hydroxyl groups excluding tert-OH is 1. The lowest BCUT2D eigenvalue weighted by atomic mass is 10.1. The molecule has 0 saturated heterocycles. The molecule has 1 unspecified atom stereocenters. The maximum absolute atomic E-state index is 13.5. The highest BCUT2D eigenvalue weighted by molar-refractivity contribution is 7.90. The Morgan fingerprint density at radius 2 is 1.86 bits per heavy atom. The van der Waals surface area contributed by atoms with Gasteiger partial charge in [0.1, 0.15) is 5.82 Å². The van der Waals surface area contributed by atoms with Crippen LogP contribution in [0.4, 0.5) is 4.39 Å². The monoisotopic (exact) mass is 308 g/mol. The summed E-state index contributed by atoms with van der Waals surface area (Å²) in [4.78, 5) is 0. The van der Waals surface area contributed by atoms with Gasteiger partial charge in [0.25, 0.3) is 0 Å². The summed E-state index contributed by atoms with van der Waals surface area (Å²) in [6.07, 6.45) is -1.36. The minimum absolute atomic E-state index is 0.00492. The molecule has 0 saturated carbocycles. The molecule has 0 aliphatic heterocycles. The highest BCUT2D eigenvalue weighted by Gasteiger charge is 2.21. The molecule has 0 radical (unpaired) electrons. The highest BCUT2D eigenvalue weighted by Crippen LogP contribution is 2.20. The predicted molar refractivity (Wildman–Crippen MR) is 80.0 cm³/mol. The first-order valence-corrected chi connectivity index (χ1v) is 8.38. The zero-order valence-corrected chi connectivity index (χ0v) is 12.5. The van der Waals surface area contributed by atoms with Crippen LogP contribution in [0.1, 0.15) is 22.8 Å². The predicted octanol–water partition coefficient (Wildman–Crippen LogP) is 2.78. The molecule has 5 heteroatoms. The van der Waals surface area contributed by atoms with Crippen molar-refractivity contribution >= 4 is 9.84 Å². The van der Waals surface area contributed by atoms with E-state index in [1.54, 1.807) is 24.3 Å². The number of rotatable bonds is 5. The van der Waals surface area contributed by atoms with E-state index in [0.717, 1.165) is 5.56 Å². The summed E-state index contributed by atoms with van der Waals surface area (Å²) < 4.78 is 37.8. The molecule has 0 aromatic heterocycles. The van der Waals surface area contributed by atoms with Crippen LogP contribution >= 0.6 is 0 Å². The molecule has 0 spiro atoms. The number of aliphatic hydroxyl groups is 1. The van der Waals surface area contributed by atoms with E-state index in [-0.39, 0.29) is 11.3 Å². The van der Waals surface area contributed by atoms with Crippen molar-refractivity contribution in [3.05, 3.63) is 71.0 Å². The molecule has 0 aliphatic rings. The molecule has 1 atom stereocenters. The van der Waals surface area contributed by atoms with E-state index in [1.165, 1.54) is 18.2 Å². The molecule has 1 N–H and O–H groups in total. The largest absolute Gasteiger partial charge is 0.387 e. The Morgan fingerprint density at radius 1 is 1.14 bits per heavy atom. The summed E-state index contributed by atoms with van der Waals surface area (Å²) in [7, 11) is -3.53. The molecule has 21 heavy (non-hydrogen) atoms. The van der Waals surface area contributed by atoms with Crippen molar-refractivity contribution in [3.8, 4) is 0 Å². The number of hydrogen-bond acceptors (Lipinski definition) is 3. The maximum atomic E-state index is 13.5. The molecule has 0 bridgehead atoms. The van der Waals surface area contributed by atoms with Gasteiger partial charge in [-0.25, -0.2) is 12.8 Å². The minimum atomic E-state index is -3.53. The van der Waals surface area contributed by atoms with Gasteiger partial charge < -0.3 is 5.11 Å². The standard InChI is InChI=1S/C16H17FO3S/c1-12-5-4-6-13(9-12)10-21(19,20)11-16(18)14-7-2-3-8-15(14)17/h2-9,16,18H,10-11H2,1H3. The highest BCUT2D eigenvalue weighted by atomic mass is 32.2. The smallest absolute Gasteiger partial charge is 0.157 e. The summed E-state index contributed by atoms with van der Waals surface area (Å²) >= 11 is 0. The molecular formula is C16H17FO3S. The lowest BCUT2D eigenvalue weighted by molar-refractivity contribution is 0.196. The Hall–Kier alpha value is -1.72. The van der Waals surface area contributed by atoms with E-state index in [0.29, 0.717) is 5.56 Å². The van der Waals surface area contributed by atoms with Crippen molar-refractivity contribution in [2.24, 2.45) is 0 Å². The Kier molecular flexibility index (Phi) is 4.75. The van der Waals surface area contributed by atoms with Crippen LogP contribution in [0, 0.1) is 12.7 Å². The lowest BCUT2D eigenvalue weighted by Gasteiger charge is -2.12. The van der Waals surface area contributed by atoms with Gasteiger partial charge in [0.05, 0.1) is 17.6 Å². The SMILES string of the molecule is Cc1cccc(CS(=O)(=O)CC(O)c2ccccc2F)c1. The van der Waals surface area contributed by atoms with E-state index < -0.39 is 27.5 Å². The second-order valence-corrected chi connectivity index (χ2v) is 7.19. The molecule has 0 heterocycles. The molecule has 112 valence electrons. The number of benzene rings is 2. The first-order chi connectivity index (χ1) is 9.87. The molecule has 0 aliphatic carbocycles. The third-order valence-corrected chi connectivity index (χ3v) is 4.74. The summed E-state index contributed by atoms with van der Waals surface area (Å²) in [6, 6.07) is 12.8.